The summed E-state index contributed by atoms with van der Waals surface area (Å²) in [5.41, 5.74) is 0.923. The fourth-order valence-electron chi connectivity index (χ4n) is 1.37. The highest BCUT2D eigenvalue weighted by molar-refractivity contribution is 6.20. The average Bonchev–Trinajstić information content (AvgIpc) is 2.15. The van der Waals surface area contributed by atoms with Gasteiger partial charge in [-0.25, -0.2) is 4.39 Å². The largest absolute Gasteiger partial charge is 0.261 e. The van der Waals surface area contributed by atoms with Gasteiger partial charge in [0.25, 0.3) is 0 Å². The Morgan fingerprint density at radius 2 is 2.21 bits per heavy atom. The van der Waals surface area contributed by atoms with E-state index in [0.717, 1.165) is 31.2 Å². The third kappa shape index (κ3) is 4.05. The van der Waals surface area contributed by atoms with Gasteiger partial charge in [-0.05, 0) is 30.9 Å². The summed E-state index contributed by atoms with van der Waals surface area (Å²) in [6.07, 6.45) is 6.71. The number of hydrogen-bond donors (Lipinski definition) is 0. The predicted octanol–water partition coefficient (Wildman–Crippen LogP) is 3.56. The third-order valence-corrected chi connectivity index (χ3v) is 2.55. The molecular formula is C11H15ClFN. The van der Waals surface area contributed by atoms with E-state index in [4.69, 9.17) is 11.6 Å². The van der Waals surface area contributed by atoms with Gasteiger partial charge in [0, 0.05) is 11.6 Å². The van der Waals surface area contributed by atoms with E-state index in [1.54, 1.807) is 6.20 Å². The Morgan fingerprint density at radius 1 is 1.43 bits per heavy atom. The number of halogens is 2. The van der Waals surface area contributed by atoms with Crippen molar-refractivity contribution in [3.05, 3.63) is 29.8 Å². The van der Waals surface area contributed by atoms with Crippen LogP contribution in [0.25, 0.3) is 0 Å². The van der Waals surface area contributed by atoms with Crippen LogP contribution in [0.5, 0.6) is 0 Å². The van der Waals surface area contributed by atoms with Gasteiger partial charge in [0.2, 0.25) is 0 Å². The summed E-state index contributed by atoms with van der Waals surface area (Å²) in [6.45, 7) is 2.11. The summed E-state index contributed by atoms with van der Waals surface area (Å²) in [6, 6.07) is 1.52. The molecule has 0 bridgehead atoms. The number of pyridine rings is 1. The smallest absolute Gasteiger partial charge is 0.141 e. The zero-order chi connectivity index (χ0) is 10.4. The second-order valence-electron chi connectivity index (χ2n) is 3.44. The molecule has 0 N–H and O–H groups in total. The van der Waals surface area contributed by atoms with Crippen LogP contribution in [0, 0.1) is 5.82 Å². The van der Waals surface area contributed by atoms with Crippen molar-refractivity contribution < 1.29 is 4.39 Å². The molecule has 0 fully saturated rings. The Hall–Kier alpha value is -0.630. The molecule has 1 aromatic heterocycles. The van der Waals surface area contributed by atoms with Crippen molar-refractivity contribution in [3.8, 4) is 0 Å². The average molecular weight is 216 g/mol. The SMILES string of the molecule is CCCC(Cl)CCc1cncc(F)c1. The van der Waals surface area contributed by atoms with Crippen LogP contribution in [-0.2, 0) is 6.42 Å². The first-order valence-corrected chi connectivity index (χ1v) is 5.39. The summed E-state index contributed by atoms with van der Waals surface area (Å²) < 4.78 is 12.7. The Balaban J connectivity index is 2.37. The zero-order valence-corrected chi connectivity index (χ0v) is 9.10. The number of rotatable bonds is 5. The van der Waals surface area contributed by atoms with Gasteiger partial charge in [-0.15, -0.1) is 11.6 Å². The van der Waals surface area contributed by atoms with E-state index in [2.05, 4.69) is 11.9 Å². The number of hydrogen-bond acceptors (Lipinski definition) is 1. The topological polar surface area (TPSA) is 12.9 Å². The Kier molecular flexibility index (Phi) is 4.88. The maximum Gasteiger partial charge on any atom is 0.141 e. The molecule has 78 valence electrons. The highest BCUT2D eigenvalue weighted by atomic mass is 35.5. The van der Waals surface area contributed by atoms with Crippen LogP contribution < -0.4 is 0 Å². The van der Waals surface area contributed by atoms with Gasteiger partial charge in [-0.3, -0.25) is 4.98 Å². The standard InChI is InChI=1S/C11H15ClFN/c1-2-3-10(12)5-4-9-6-11(13)8-14-7-9/h6-8,10H,2-5H2,1H3. The number of aryl methyl sites for hydroxylation is 1. The Morgan fingerprint density at radius 3 is 2.86 bits per heavy atom. The van der Waals surface area contributed by atoms with Crippen LogP contribution in [0.2, 0.25) is 0 Å². The van der Waals surface area contributed by atoms with Gasteiger partial charge >= 0.3 is 0 Å². The molecule has 3 heteroatoms. The Labute approximate surface area is 89.3 Å². The first-order valence-electron chi connectivity index (χ1n) is 4.96. The van der Waals surface area contributed by atoms with Gasteiger partial charge in [0.05, 0.1) is 6.20 Å². The molecule has 0 aliphatic rings. The lowest BCUT2D eigenvalue weighted by molar-refractivity contribution is 0.614. The van der Waals surface area contributed by atoms with Crippen molar-refractivity contribution in [1.82, 2.24) is 4.98 Å². The first kappa shape index (κ1) is 11.4. The van der Waals surface area contributed by atoms with Crippen molar-refractivity contribution in [2.24, 2.45) is 0 Å². The monoisotopic (exact) mass is 215 g/mol. The molecule has 0 saturated heterocycles. The molecular weight excluding hydrogens is 201 g/mol. The van der Waals surface area contributed by atoms with E-state index in [1.807, 2.05) is 0 Å². The lowest BCUT2D eigenvalue weighted by Gasteiger charge is -2.07. The van der Waals surface area contributed by atoms with Crippen molar-refractivity contribution in [3.63, 3.8) is 0 Å². The molecule has 0 radical (unpaired) electrons. The normalized spacial score (nSPS) is 12.8. The maximum atomic E-state index is 12.7. The molecule has 1 nitrogen and oxygen atoms in total. The molecule has 1 rings (SSSR count). The molecule has 0 aliphatic heterocycles. The van der Waals surface area contributed by atoms with Gasteiger partial charge in [-0.1, -0.05) is 13.3 Å². The first-order chi connectivity index (χ1) is 6.72. The predicted molar refractivity (Wildman–Crippen MR) is 57.1 cm³/mol. The highest BCUT2D eigenvalue weighted by Gasteiger charge is 2.04. The molecule has 1 heterocycles. The van der Waals surface area contributed by atoms with Crippen LogP contribution in [0.15, 0.2) is 18.5 Å². The summed E-state index contributed by atoms with van der Waals surface area (Å²) in [4.78, 5) is 3.79. The van der Waals surface area contributed by atoms with E-state index in [-0.39, 0.29) is 11.2 Å². The van der Waals surface area contributed by atoms with E-state index >= 15 is 0 Å². The molecule has 0 saturated carbocycles. The molecule has 0 aromatic carbocycles. The van der Waals surface area contributed by atoms with Crippen molar-refractivity contribution in [2.75, 3.05) is 0 Å². The molecule has 0 spiro atoms. The van der Waals surface area contributed by atoms with E-state index in [1.165, 1.54) is 12.3 Å². The quantitative estimate of drug-likeness (QED) is 0.685. The molecule has 0 amide bonds. The van der Waals surface area contributed by atoms with Crippen LogP contribution in [0.3, 0.4) is 0 Å². The fourth-order valence-corrected chi connectivity index (χ4v) is 1.70. The van der Waals surface area contributed by atoms with Crippen molar-refractivity contribution in [2.45, 2.75) is 38.0 Å². The second-order valence-corrected chi connectivity index (χ2v) is 4.05. The van der Waals surface area contributed by atoms with Gasteiger partial charge in [-0.2, -0.15) is 0 Å². The van der Waals surface area contributed by atoms with Crippen molar-refractivity contribution in [1.29, 1.82) is 0 Å². The van der Waals surface area contributed by atoms with Crippen LogP contribution in [-0.4, -0.2) is 10.4 Å². The van der Waals surface area contributed by atoms with Crippen molar-refractivity contribution >= 4 is 11.6 Å². The van der Waals surface area contributed by atoms with E-state index < -0.39 is 0 Å². The van der Waals surface area contributed by atoms with Gasteiger partial charge in [0.15, 0.2) is 0 Å². The molecule has 1 atom stereocenters. The zero-order valence-electron chi connectivity index (χ0n) is 8.34. The van der Waals surface area contributed by atoms with E-state index in [9.17, 15) is 4.39 Å². The fraction of sp³-hybridized carbons (Fsp3) is 0.545. The lowest BCUT2D eigenvalue weighted by atomic mass is 10.1. The minimum absolute atomic E-state index is 0.197. The molecule has 1 aromatic rings. The van der Waals surface area contributed by atoms with Crippen LogP contribution in [0.4, 0.5) is 4.39 Å². The van der Waals surface area contributed by atoms with Crippen LogP contribution in [0.1, 0.15) is 31.7 Å². The Bertz CT molecular complexity index is 278. The third-order valence-electron chi connectivity index (χ3n) is 2.11. The summed E-state index contributed by atoms with van der Waals surface area (Å²) in [7, 11) is 0. The van der Waals surface area contributed by atoms with Gasteiger partial charge < -0.3 is 0 Å². The molecule has 14 heavy (non-hydrogen) atoms. The second kappa shape index (κ2) is 5.97. The maximum absolute atomic E-state index is 12.7. The molecule has 0 aliphatic carbocycles. The summed E-state index contributed by atoms with van der Waals surface area (Å²) in [5.74, 6) is -0.274. The number of nitrogens with zero attached hydrogens (tertiary/aromatic N) is 1. The van der Waals surface area contributed by atoms with E-state index in [0.29, 0.717) is 0 Å². The molecule has 1 unspecified atom stereocenters. The lowest BCUT2D eigenvalue weighted by Crippen LogP contribution is -2.00. The number of alkyl halides is 1. The summed E-state index contributed by atoms with van der Waals surface area (Å²) >= 11 is 6.06. The minimum atomic E-state index is -0.274. The van der Waals surface area contributed by atoms with Crippen LogP contribution >= 0.6 is 11.6 Å². The summed E-state index contributed by atoms with van der Waals surface area (Å²) in [5, 5.41) is 0.197. The number of aromatic nitrogens is 1. The highest BCUT2D eigenvalue weighted by Crippen LogP contribution is 2.13. The minimum Gasteiger partial charge on any atom is -0.261 e. The van der Waals surface area contributed by atoms with Gasteiger partial charge in [0.1, 0.15) is 5.82 Å².